The van der Waals surface area contributed by atoms with Crippen molar-refractivity contribution in [2.24, 2.45) is 0 Å². The second-order valence-electron chi connectivity index (χ2n) is 3.80. The summed E-state index contributed by atoms with van der Waals surface area (Å²) in [4.78, 5) is 11.0. The van der Waals surface area contributed by atoms with Crippen molar-refractivity contribution in [2.45, 2.75) is 25.2 Å². The number of halogens is 1. The van der Waals surface area contributed by atoms with Gasteiger partial charge in [0.2, 0.25) is 0 Å². The molecule has 0 spiro atoms. The van der Waals surface area contributed by atoms with Gasteiger partial charge in [0.1, 0.15) is 6.29 Å². The lowest BCUT2D eigenvalue weighted by molar-refractivity contribution is -0.112. The molecule has 0 aromatic heterocycles. The van der Waals surface area contributed by atoms with Crippen LogP contribution in [0.1, 0.15) is 24.5 Å². The summed E-state index contributed by atoms with van der Waals surface area (Å²) in [5.41, 5.74) is 2.24. The Kier molecular flexibility index (Phi) is 2.03. The summed E-state index contributed by atoms with van der Waals surface area (Å²) in [5, 5.41) is 0. The van der Waals surface area contributed by atoms with E-state index < -0.39 is 0 Å². The summed E-state index contributed by atoms with van der Waals surface area (Å²) in [7, 11) is 0. The SMILES string of the molecule is CC1(C=O)CCc2c(Br)cccc21. The Morgan fingerprint density at radius 1 is 1.54 bits per heavy atom. The number of hydrogen-bond acceptors (Lipinski definition) is 1. The zero-order chi connectivity index (χ0) is 9.47. The van der Waals surface area contributed by atoms with Gasteiger partial charge in [0.05, 0.1) is 0 Å². The van der Waals surface area contributed by atoms with E-state index in [0.717, 1.165) is 23.6 Å². The average Bonchev–Trinajstić information content (AvgIpc) is 2.47. The van der Waals surface area contributed by atoms with Crippen LogP contribution in [0.3, 0.4) is 0 Å². The number of fused-ring (bicyclic) bond motifs is 1. The lowest BCUT2D eigenvalue weighted by Crippen LogP contribution is -2.19. The quantitative estimate of drug-likeness (QED) is 0.688. The standard InChI is InChI=1S/C11H11BrO/c1-11(7-13)6-5-8-9(11)3-2-4-10(8)12/h2-4,7H,5-6H2,1H3. The zero-order valence-corrected chi connectivity index (χ0v) is 9.10. The number of carbonyl (C=O) groups is 1. The Morgan fingerprint density at radius 3 is 3.00 bits per heavy atom. The minimum atomic E-state index is -0.251. The van der Waals surface area contributed by atoms with Crippen LogP contribution < -0.4 is 0 Å². The molecule has 0 N–H and O–H groups in total. The topological polar surface area (TPSA) is 17.1 Å². The van der Waals surface area contributed by atoms with Gasteiger partial charge in [-0.1, -0.05) is 28.1 Å². The van der Waals surface area contributed by atoms with E-state index in [-0.39, 0.29) is 5.41 Å². The molecular weight excluding hydrogens is 228 g/mol. The van der Waals surface area contributed by atoms with E-state index in [2.05, 4.69) is 22.0 Å². The first-order valence-electron chi connectivity index (χ1n) is 4.41. The van der Waals surface area contributed by atoms with Gasteiger partial charge in [-0.05, 0) is 37.0 Å². The van der Waals surface area contributed by atoms with Gasteiger partial charge in [0, 0.05) is 9.89 Å². The predicted octanol–water partition coefficient (Wildman–Crippen LogP) is 2.85. The van der Waals surface area contributed by atoms with Crippen molar-refractivity contribution in [3.8, 4) is 0 Å². The van der Waals surface area contributed by atoms with Crippen LogP contribution in [-0.4, -0.2) is 6.29 Å². The molecule has 0 amide bonds. The second-order valence-corrected chi connectivity index (χ2v) is 4.66. The van der Waals surface area contributed by atoms with E-state index in [9.17, 15) is 4.79 Å². The van der Waals surface area contributed by atoms with E-state index in [4.69, 9.17) is 0 Å². The molecule has 0 aliphatic heterocycles. The van der Waals surface area contributed by atoms with Crippen molar-refractivity contribution < 1.29 is 4.79 Å². The summed E-state index contributed by atoms with van der Waals surface area (Å²) >= 11 is 3.51. The molecule has 1 aromatic rings. The molecule has 0 bridgehead atoms. The Balaban J connectivity index is 2.61. The lowest BCUT2D eigenvalue weighted by atomic mass is 9.86. The van der Waals surface area contributed by atoms with Crippen LogP contribution in [0.2, 0.25) is 0 Å². The third kappa shape index (κ3) is 1.24. The van der Waals surface area contributed by atoms with Crippen LogP contribution in [0.25, 0.3) is 0 Å². The number of aldehydes is 1. The Hall–Kier alpha value is -0.630. The van der Waals surface area contributed by atoms with Gasteiger partial charge in [-0.2, -0.15) is 0 Å². The molecule has 0 radical (unpaired) electrons. The third-order valence-electron chi connectivity index (χ3n) is 2.89. The second kappa shape index (κ2) is 2.95. The van der Waals surface area contributed by atoms with Gasteiger partial charge in [-0.3, -0.25) is 0 Å². The number of benzene rings is 1. The fraction of sp³-hybridized carbons (Fsp3) is 0.364. The molecule has 0 saturated heterocycles. The maximum Gasteiger partial charge on any atom is 0.130 e. The van der Waals surface area contributed by atoms with Gasteiger partial charge in [0.25, 0.3) is 0 Å². The predicted molar refractivity (Wildman–Crippen MR) is 55.9 cm³/mol. The summed E-state index contributed by atoms with van der Waals surface area (Å²) in [6.07, 6.45) is 3.02. The van der Waals surface area contributed by atoms with Gasteiger partial charge < -0.3 is 4.79 Å². The molecule has 2 heteroatoms. The molecule has 1 aliphatic carbocycles. The van der Waals surface area contributed by atoms with Crippen molar-refractivity contribution >= 4 is 22.2 Å². The van der Waals surface area contributed by atoms with E-state index in [1.807, 2.05) is 19.1 Å². The van der Waals surface area contributed by atoms with Gasteiger partial charge >= 0.3 is 0 Å². The van der Waals surface area contributed by atoms with Crippen LogP contribution in [0.5, 0.6) is 0 Å². The minimum Gasteiger partial charge on any atom is -0.302 e. The van der Waals surface area contributed by atoms with Crippen molar-refractivity contribution in [1.82, 2.24) is 0 Å². The van der Waals surface area contributed by atoms with Gasteiger partial charge in [0.15, 0.2) is 0 Å². The normalized spacial score (nSPS) is 25.7. The molecule has 0 fully saturated rings. The highest BCUT2D eigenvalue weighted by molar-refractivity contribution is 9.10. The Labute approximate surface area is 86.3 Å². The first-order valence-corrected chi connectivity index (χ1v) is 5.21. The molecule has 1 aromatic carbocycles. The number of hydrogen-bond donors (Lipinski definition) is 0. The lowest BCUT2D eigenvalue weighted by Gasteiger charge is -2.16. The fourth-order valence-corrected chi connectivity index (χ4v) is 2.55. The van der Waals surface area contributed by atoms with Crippen LogP contribution in [0.15, 0.2) is 22.7 Å². The van der Waals surface area contributed by atoms with E-state index >= 15 is 0 Å². The summed E-state index contributed by atoms with van der Waals surface area (Å²) in [6.45, 7) is 2.01. The molecule has 0 heterocycles. The van der Waals surface area contributed by atoms with E-state index in [0.29, 0.717) is 0 Å². The average molecular weight is 239 g/mol. The molecule has 0 saturated carbocycles. The maximum absolute atomic E-state index is 11.0. The third-order valence-corrected chi connectivity index (χ3v) is 3.63. The smallest absolute Gasteiger partial charge is 0.130 e. The summed E-state index contributed by atoms with van der Waals surface area (Å²) in [5.74, 6) is 0. The molecule has 1 aliphatic rings. The van der Waals surface area contributed by atoms with Crippen LogP contribution in [-0.2, 0) is 16.6 Å². The van der Waals surface area contributed by atoms with Crippen molar-refractivity contribution in [2.75, 3.05) is 0 Å². The molecule has 1 nitrogen and oxygen atoms in total. The first kappa shape index (κ1) is 8.95. The summed E-state index contributed by atoms with van der Waals surface area (Å²) in [6, 6.07) is 6.09. The maximum atomic E-state index is 11.0. The van der Waals surface area contributed by atoms with Crippen LogP contribution in [0.4, 0.5) is 0 Å². The highest BCUT2D eigenvalue weighted by Gasteiger charge is 2.34. The van der Waals surface area contributed by atoms with E-state index in [1.165, 1.54) is 11.1 Å². The van der Waals surface area contributed by atoms with Gasteiger partial charge in [-0.25, -0.2) is 0 Å². The molecule has 68 valence electrons. The molecule has 2 rings (SSSR count). The van der Waals surface area contributed by atoms with Gasteiger partial charge in [-0.15, -0.1) is 0 Å². The molecular formula is C11H11BrO. The number of rotatable bonds is 1. The van der Waals surface area contributed by atoms with Crippen LogP contribution >= 0.6 is 15.9 Å². The minimum absolute atomic E-state index is 0.251. The number of carbonyl (C=O) groups excluding carboxylic acids is 1. The highest BCUT2D eigenvalue weighted by atomic mass is 79.9. The fourth-order valence-electron chi connectivity index (χ4n) is 1.99. The zero-order valence-electron chi connectivity index (χ0n) is 7.51. The molecule has 1 unspecified atom stereocenters. The highest BCUT2D eigenvalue weighted by Crippen LogP contribution is 2.40. The van der Waals surface area contributed by atoms with Crippen molar-refractivity contribution in [3.05, 3.63) is 33.8 Å². The van der Waals surface area contributed by atoms with Crippen molar-refractivity contribution in [1.29, 1.82) is 0 Å². The largest absolute Gasteiger partial charge is 0.302 e. The van der Waals surface area contributed by atoms with Crippen molar-refractivity contribution in [3.63, 3.8) is 0 Å². The first-order chi connectivity index (χ1) is 6.17. The molecule has 13 heavy (non-hydrogen) atoms. The Bertz CT molecular complexity index is 359. The van der Waals surface area contributed by atoms with E-state index in [1.54, 1.807) is 0 Å². The Morgan fingerprint density at radius 2 is 2.31 bits per heavy atom. The monoisotopic (exact) mass is 238 g/mol. The van der Waals surface area contributed by atoms with Crippen LogP contribution in [0, 0.1) is 0 Å². The summed E-state index contributed by atoms with van der Waals surface area (Å²) < 4.78 is 1.13. The molecule has 1 atom stereocenters.